The Bertz CT molecular complexity index is 489. The van der Waals surface area contributed by atoms with Crippen LogP contribution in [-0.2, 0) is 19.4 Å². The minimum absolute atomic E-state index is 0. The molecule has 0 aliphatic heterocycles. The number of aryl methyl sites for hydroxylation is 2. The topological polar surface area (TPSA) is 36.4 Å². The average Bonchev–Trinajstić information content (AvgIpc) is 2.81. The largest absolute Gasteiger partial charge is 0.357 e. The van der Waals surface area contributed by atoms with E-state index in [1.54, 1.807) is 0 Å². The lowest BCUT2D eigenvalue weighted by atomic mass is 10.1. The van der Waals surface area contributed by atoms with E-state index in [1.807, 2.05) is 0 Å². The molecule has 118 valence electrons. The minimum atomic E-state index is 0. The van der Waals surface area contributed by atoms with E-state index in [9.17, 15) is 0 Å². The van der Waals surface area contributed by atoms with Gasteiger partial charge < -0.3 is 10.6 Å². The van der Waals surface area contributed by atoms with Crippen LogP contribution in [0.1, 0.15) is 50.8 Å². The Morgan fingerprint density at radius 1 is 1.19 bits per heavy atom. The molecule has 0 bridgehead atoms. The molecule has 0 amide bonds. The molecular weight excluding hydrogens is 373 g/mol. The van der Waals surface area contributed by atoms with Gasteiger partial charge in [-0.3, -0.25) is 0 Å². The van der Waals surface area contributed by atoms with Gasteiger partial charge in [-0.1, -0.05) is 18.2 Å². The molecule has 1 aromatic rings. The second-order valence-electron chi connectivity index (χ2n) is 6.53. The van der Waals surface area contributed by atoms with Crippen LogP contribution in [0, 0.1) is 0 Å². The second-order valence-corrected chi connectivity index (χ2v) is 6.53. The molecule has 0 aromatic heterocycles. The smallest absolute Gasteiger partial charge is 0.191 e. The minimum Gasteiger partial charge on any atom is -0.357 e. The molecule has 2 N–H and O–H groups in total. The van der Waals surface area contributed by atoms with Crippen LogP contribution in [0.15, 0.2) is 23.2 Å². The molecule has 3 nitrogen and oxygen atoms in total. The van der Waals surface area contributed by atoms with Gasteiger partial charge in [0.25, 0.3) is 0 Å². The van der Waals surface area contributed by atoms with Crippen molar-refractivity contribution in [3.63, 3.8) is 0 Å². The lowest BCUT2D eigenvalue weighted by Gasteiger charge is -2.23. The SMILES string of the molecule is CCNC(=NCc1ccc2c(c1)CCC2)NC(C)(C)C.I. The summed E-state index contributed by atoms with van der Waals surface area (Å²) in [5.74, 6) is 0.889. The van der Waals surface area contributed by atoms with Crippen LogP contribution >= 0.6 is 24.0 Å². The fraction of sp³-hybridized carbons (Fsp3) is 0.588. The predicted molar refractivity (Wildman–Crippen MR) is 102 cm³/mol. The molecule has 0 spiro atoms. The summed E-state index contributed by atoms with van der Waals surface area (Å²) in [6.45, 7) is 10.2. The zero-order chi connectivity index (χ0) is 14.6. The molecule has 1 aliphatic rings. The number of hydrogen-bond acceptors (Lipinski definition) is 1. The number of hydrogen-bond donors (Lipinski definition) is 2. The number of halogens is 1. The molecule has 0 saturated carbocycles. The van der Waals surface area contributed by atoms with Gasteiger partial charge in [-0.15, -0.1) is 24.0 Å². The Morgan fingerprint density at radius 2 is 1.90 bits per heavy atom. The number of fused-ring (bicyclic) bond motifs is 1. The van der Waals surface area contributed by atoms with Crippen LogP contribution in [-0.4, -0.2) is 18.0 Å². The van der Waals surface area contributed by atoms with E-state index >= 15 is 0 Å². The maximum absolute atomic E-state index is 4.69. The Hall–Kier alpha value is -0.780. The van der Waals surface area contributed by atoms with E-state index in [4.69, 9.17) is 0 Å². The zero-order valence-corrected chi connectivity index (χ0v) is 16.0. The Balaban J connectivity index is 0.00000220. The average molecular weight is 401 g/mol. The standard InChI is InChI=1S/C17H27N3.HI/c1-5-18-16(20-17(2,3)4)19-12-13-9-10-14-7-6-8-15(14)11-13;/h9-11H,5-8,12H2,1-4H3,(H2,18,19,20);1H. The number of rotatable bonds is 3. The van der Waals surface area contributed by atoms with Gasteiger partial charge >= 0.3 is 0 Å². The van der Waals surface area contributed by atoms with E-state index in [2.05, 4.69) is 61.5 Å². The van der Waals surface area contributed by atoms with Crippen molar-refractivity contribution >= 4 is 29.9 Å². The van der Waals surface area contributed by atoms with Crippen LogP contribution in [0.5, 0.6) is 0 Å². The first-order valence-electron chi connectivity index (χ1n) is 7.65. The van der Waals surface area contributed by atoms with Gasteiger partial charge in [0.1, 0.15) is 0 Å². The molecule has 0 heterocycles. The molecule has 0 saturated heterocycles. The Labute approximate surface area is 146 Å². The third-order valence-electron chi connectivity index (χ3n) is 3.42. The van der Waals surface area contributed by atoms with Crippen molar-refractivity contribution in [3.8, 4) is 0 Å². The van der Waals surface area contributed by atoms with Gasteiger partial charge in [-0.05, 0) is 63.6 Å². The monoisotopic (exact) mass is 401 g/mol. The summed E-state index contributed by atoms with van der Waals surface area (Å²) in [6, 6.07) is 6.82. The highest BCUT2D eigenvalue weighted by atomic mass is 127. The summed E-state index contributed by atoms with van der Waals surface area (Å²) in [5.41, 5.74) is 4.37. The fourth-order valence-electron chi connectivity index (χ4n) is 2.56. The Kier molecular flexibility index (Phi) is 6.97. The highest BCUT2D eigenvalue weighted by molar-refractivity contribution is 14.0. The molecule has 2 rings (SSSR count). The number of nitrogens with one attached hydrogen (secondary N) is 2. The van der Waals surface area contributed by atoms with E-state index in [0.717, 1.165) is 19.0 Å². The zero-order valence-electron chi connectivity index (χ0n) is 13.6. The molecule has 0 radical (unpaired) electrons. The van der Waals surface area contributed by atoms with Gasteiger partial charge in [0.05, 0.1) is 6.54 Å². The van der Waals surface area contributed by atoms with Gasteiger partial charge in [0.2, 0.25) is 0 Å². The summed E-state index contributed by atoms with van der Waals surface area (Å²) < 4.78 is 0. The number of nitrogens with zero attached hydrogens (tertiary/aromatic N) is 1. The van der Waals surface area contributed by atoms with Crippen LogP contribution in [0.3, 0.4) is 0 Å². The predicted octanol–water partition coefficient (Wildman–Crippen LogP) is 3.65. The first kappa shape index (κ1) is 18.3. The van der Waals surface area contributed by atoms with Crippen LogP contribution in [0.4, 0.5) is 0 Å². The lowest BCUT2D eigenvalue weighted by Crippen LogP contribution is -2.47. The third-order valence-corrected chi connectivity index (χ3v) is 3.42. The van der Waals surface area contributed by atoms with Crippen molar-refractivity contribution in [2.45, 2.75) is 59.0 Å². The van der Waals surface area contributed by atoms with E-state index in [1.165, 1.54) is 36.0 Å². The maximum atomic E-state index is 4.69. The van der Waals surface area contributed by atoms with E-state index in [0.29, 0.717) is 0 Å². The van der Waals surface area contributed by atoms with Crippen molar-refractivity contribution in [2.75, 3.05) is 6.54 Å². The summed E-state index contributed by atoms with van der Waals surface area (Å²) in [6.07, 6.45) is 3.77. The molecule has 0 unspecified atom stereocenters. The van der Waals surface area contributed by atoms with Crippen molar-refractivity contribution in [3.05, 3.63) is 34.9 Å². The first-order chi connectivity index (χ1) is 9.48. The summed E-state index contributed by atoms with van der Waals surface area (Å²) in [4.78, 5) is 4.69. The number of aliphatic imine (C=N–C) groups is 1. The maximum Gasteiger partial charge on any atom is 0.191 e. The summed E-state index contributed by atoms with van der Waals surface area (Å²) >= 11 is 0. The Morgan fingerprint density at radius 3 is 2.57 bits per heavy atom. The molecule has 0 fully saturated rings. The van der Waals surface area contributed by atoms with Gasteiger partial charge in [-0.2, -0.15) is 0 Å². The van der Waals surface area contributed by atoms with Crippen LogP contribution in [0.25, 0.3) is 0 Å². The molecule has 1 aliphatic carbocycles. The molecule has 0 atom stereocenters. The van der Waals surface area contributed by atoms with Gasteiger partial charge in [0.15, 0.2) is 5.96 Å². The molecule has 1 aromatic carbocycles. The highest BCUT2D eigenvalue weighted by Gasteiger charge is 2.12. The van der Waals surface area contributed by atoms with Crippen LogP contribution < -0.4 is 10.6 Å². The normalized spacial score (nSPS) is 14.4. The van der Waals surface area contributed by atoms with Gasteiger partial charge in [0, 0.05) is 12.1 Å². The third kappa shape index (κ3) is 5.85. The van der Waals surface area contributed by atoms with Gasteiger partial charge in [-0.25, -0.2) is 4.99 Å². The van der Waals surface area contributed by atoms with Crippen molar-refractivity contribution in [2.24, 2.45) is 4.99 Å². The molecule has 4 heteroatoms. The first-order valence-corrected chi connectivity index (χ1v) is 7.65. The molecular formula is C17H28IN3. The molecule has 21 heavy (non-hydrogen) atoms. The number of benzene rings is 1. The van der Waals surface area contributed by atoms with Crippen molar-refractivity contribution in [1.29, 1.82) is 0 Å². The summed E-state index contributed by atoms with van der Waals surface area (Å²) in [5, 5.41) is 6.72. The van der Waals surface area contributed by atoms with Crippen molar-refractivity contribution < 1.29 is 0 Å². The summed E-state index contributed by atoms with van der Waals surface area (Å²) in [7, 11) is 0. The van der Waals surface area contributed by atoms with Crippen molar-refractivity contribution in [1.82, 2.24) is 10.6 Å². The lowest BCUT2D eigenvalue weighted by molar-refractivity contribution is 0.501. The van der Waals surface area contributed by atoms with Crippen LogP contribution in [0.2, 0.25) is 0 Å². The van der Waals surface area contributed by atoms with E-state index < -0.39 is 0 Å². The highest BCUT2D eigenvalue weighted by Crippen LogP contribution is 2.23. The second kappa shape index (κ2) is 8.01. The fourth-order valence-corrected chi connectivity index (χ4v) is 2.56. The number of guanidine groups is 1. The quantitative estimate of drug-likeness (QED) is 0.461. The van der Waals surface area contributed by atoms with E-state index in [-0.39, 0.29) is 29.5 Å².